The van der Waals surface area contributed by atoms with Crippen LogP contribution in [0.15, 0.2) is 0 Å². The van der Waals surface area contributed by atoms with Gasteiger partial charge in [-0.2, -0.15) is 0 Å². The van der Waals surface area contributed by atoms with Crippen molar-refractivity contribution in [1.82, 2.24) is 5.32 Å². The molecule has 3 nitrogen and oxygen atoms in total. The highest BCUT2D eigenvalue weighted by atomic mass is 16.3. The average Bonchev–Trinajstić information content (AvgIpc) is 2.37. The van der Waals surface area contributed by atoms with Crippen LogP contribution in [-0.4, -0.2) is 23.2 Å². The van der Waals surface area contributed by atoms with Crippen LogP contribution in [0.1, 0.15) is 58.8 Å². The smallest absolute Gasteiger partial charge is 0.226 e. The van der Waals surface area contributed by atoms with E-state index in [1.807, 2.05) is 13.8 Å². The molecule has 108 valence electrons. The average molecular weight is 265 g/mol. The fraction of sp³-hybridized carbons (Fsp3) is 0.938. The third-order valence-electron chi connectivity index (χ3n) is 6.06. The topological polar surface area (TPSA) is 49.3 Å². The van der Waals surface area contributed by atoms with Crippen LogP contribution in [0, 0.1) is 23.2 Å². The number of carbonyl (C=O) groups excluding carboxylic acids is 1. The van der Waals surface area contributed by atoms with Crippen LogP contribution in [0.3, 0.4) is 0 Å². The first kappa shape index (κ1) is 13.4. The summed E-state index contributed by atoms with van der Waals surface area (Å²) in [4.78, 5) is 12.8. The Labute approximate surface area is 116 Å². The highest BCUT2D eigenvalue weighted by molar-refractivity contribution is 5.83. The molecule has 0 saturated heterocycles. The maximum atomic E-state index is 12.8. The second-order valence-corrected chi connectivity index (χ2v) is 7.72. The Balaban J connectivity index is 1.76. The van der Waals surface area contributed by atoms with Crippen molar-refractivity contribution in [3.05, 3.63) is 0 Å². The van der Waals surface area contributed by atoms with E-state index in [1.165, 1.54) is 19.3 Å². The maximum absolute atomic E-state index is 12.8. The Morgan fingerprint density at radius 2 is 1.68 bits per heavy atom. The van der Waals surface area contributed by atoms with E-state index in [4.69, 9.17) is 0 Å². The first-order valence-electron chi connectivity index (χ1n) is 7.92. The summed E-state index contributed by atoms with van der Waals surface area (Å²) in [6.45, 7) is 4.00. The van der Waals surface area contributed by atoms with E-state index in [0.717, 1.165) is 43.4 Å². The van der Waals surface area contributed by atoms with E-state index >= 15 is 0 Å². The summed E-state index contributed by atoms with van der Waals surface area (Å²) < 4.78 is 0. The molecule has 2 N–H and O–H groups in total. The van der Waals surface area contributed by atoms with Crippen LogP contribution in [0.2, 0.25) is 0 Å². The van der Waals surface area contributed by atoms with Gasteiger partial charge in [0.1, 0.15) is 0 Å². The van der Waals surface area contributed by atoms with E-state index in [0.29, 0.717) is 0 Å². The Morgan fingerprint density at radius 1 is 1.21 bits per heavy atom. The Bertz CT molecular complexity index is 338. The first-order chi connectivity index (χ1) is 8.98. The molecule has 0 spiro atoms. The van der Waals surface area contributed by atoms with Crippen LogP contribution >= 0.6 is 0 Å². The number of carbonyl (C=O) groups is 1. The van der Waals surface area contributed by atoms with Gasteiger partial charge in [0.05, 0.1) is 12.1 Å². The lowest BCUT2D eigenvalue weighted by Gasteiger charge is -2.56. The van der Waals surface area contributed by atoms with Crippen molar-refractivity contribution >= 4 is 5.91 Å². The summed E-state index contributed by atoms with van der Waals surface area (Å²) >= 11 is 0. The molecule has 0 aromatic rings. The molecule has 0 aromatic heterocycles. The minimum absolute atomic E-state index is 0.0294. The lowest BCUT2D eigenvalue weighted by atomic mass is 9.49. The first-order valence-corrected chi connectivity index (χ1v) is 7.92. The minimum Gasteiger partial charge on any atom is -0.394 e. The molecule has 0 aliphatic heterocycles. The highest BCUT2D eigenvalue weighted by Gasteiger charge is 2.55. The number of rotatable bonds is 4. The van der Waals surface area contributed by atoms with Gasteiger partial charge < -0.3 is 10.4 Å². The second-order valence-electron chi connectivity index (χ2n) is 7.72. The maximum Gasteiger partial charge on any atom is 0.226 e. The molecule has 3 heteroatoms. The van der Waals surface area contributed by atoms with Crippen molar-refractivity contribution in [1.29, 1.82) is 0 Å². The van der Waals surface area contributed by atoms with Gasteiger partial charge in [-0.25, -0.2) is 0 Å². The van der Waals surface area contributed by atoms with Crippen LogP contribution in [0.4, 0.5) is 0 Å². The SMILES string of the molecule is CCC(C)(CO)NC(=O)C12CC3CC(CC(C3)C1)C2. The van der Waals surface area contributed by atoms with E-state index in [-0.39, 0.29) is 17.9 Å². The Hall–Kier alpha value is -0.570. The van der Waals surface area contributed by atoms with E-state index in [9.17, 15) is 9.90 Å². The largest absolute Gasteiger partial charge is 0.394 e. The van der Waals surface area contributed by atoms with Crippen molar-refractivity contribution in [2.75, 3.05) is 6.61 Å². The number of hydrogen-bond acceptors (Lipinski definition) is 2. The van der Waals surface area contributed by atoms with Gasteiger partial charge in [-0.3, -0.25) is 4.79 Å². The molecular formula is C16H27NO2. The number of nitrogens with one attached hydrogen (secondary N) is 1. The summed E-state index contributed by atoms with van der Waals surface area (Å²) in [7, 11) is 0. The monoisotopic (exact) mass is 265 g/mol. The van der Waals surface area contributed by atoms with Gasteiger partial charge in [0, 0.05) is 5.41 Å². The third kappa shape index (κ3) is 2.20. The second kappa shape index (κ2) is 4.47. The molecule has 1 unspecified atom stereocenters. The number of hydrogen-bond donors (Lipinski definition) is 2. The fourth-order valence-corrected chi connectivity index (χ4v) is 5.04. The zero-order chi connectivity index (χ0) is 13.7. The Morgan fingerprint density at radius 3 is 2.05 bits per heavy atom. The molecule has 0 radical (unpaired) electrons. The number of aliphatic hydroxyl groups excluding tert-OH is 1. The third-order valence-corrected chi connectivity index (χ3v) is 6.06. The fourth-order valence-electron chi connectivity index (χ4n) is 5.04. The lowest BCUT2D eigenvalue weighted by molar-refractivity contribution is -0.148. The molecule has 19 heavy (non-hydrogen) atoms. The summed E-state index contributed by atoms with van der Waals surface area (Å²) in [6, 6.07) is 0. The molecular weight excluding hydrogens is 238 g/mol. The van der Waals surface area contributed by atoms with Crippen molar-refractivity contribution in [2.45, 2.75) is 64.3 Å². The van der Waals surface area contributed by atoms with Crippen molar-refractivity contribution in [3.63, 3.8) is 0 Å². The highest BCUT2D eigenvalue weighted by Crippen LogP contribution is 2.60. The van der Waals surface area contributed by atoms with Gasteiger partial charge in [0.15, 0.2) is 0 Å². The summed E-state index contributed by atoms with van der Waals surface area (Å²) in [5.74, 6) is 2.60. The molecule has 1 atom stereocenters. The summed E-state index contributed by atoms with van der Waals surface area (Å²) in [5.41, 5.74) is -0.541. The van der Waals surface area contributed by atoms with Gasteiger partial charge in [0.25, 0.3) is 0 Å². The minimum atomic E-state index is -0.444. The van der Waals surface area contributed by atoms with Crippen LogP contribution in [0.5, 0.6) is 0 Å². The molecule has 0 aromatic carbocycles. The Kier molecular flexibility index (Phi) is 3.16. The van der Waals surface area contributed by atoms with Gasteiger partial charge >= 0.3 is 0 Å². The molecule has 4 fully saturated rings. The number of aliphatic hydroxyl groups is 1. The quantitative estimate of drug-likeness (QED) is 0.820. The van der Waals surface area contributed by atoms with Gasteiger partial charge in [-0.05, 0) is 69.6 Å². The molecule has 4 bridgehead atoms. The van der Waals surface area contributed by atoms with Gasteiger partial charge in [-0.15, -0.1) is 0 Å². The van der Waals surface area contributed by atoms with E-state index in [1.54, 1.807) is 0 Å². The van der Waals surface area contributed by atoms with Crippen LogP contribution in [-0.2, 0) is 4.79 Å². The standard InChI is InChI=1S/C16H27NO2/c1-3-15(2,10-18)17-14(19)16-7-11-4-12(8-16)6-13(5-11)9-16/h11-13,18H,3-10H2,1-2H3,(H,17,19). The van der Waals surface area contributed by atoms with Crippen LogP contribution < -0.4 is 5.32 Å². The predicted molar refractivity (Wildman–Crippen MR) is 74.5 cm³/mol. The van der Waals surface area contributed by atoms with Crippen molar-refractivity contribution in [3.8, 4) is 0 Å². The molecule has 4 rings (SSSR count). The summed E-state index contributed by atoms with van der Waals surface area (Å²) in [6.07, 6.45) is 8.14. The van der Waals surface area contributed by atoms with Crippen LogP contribution in [0.25, 0.3) is 0 Å². The van der Waals surface area contributed by atoms with E-state index in [2.05, 4.69) is 5.32 Å². The van der Waals surface area contributed by atoms with Gasteiger partial charge in [0.2, 0.25) is 5.91 Å². The molecule has 1 amide bonds. The molecule has 4 aliphatic rings. The molecule has 0 heterocycles. The zero-order valence-corrected chi connectivity index (χ0v) is 12.2. The normalized spacial score (nSPS) is 43.0. The van der Waals surface area contributed by atoms with Crippen molar-refractivity contribution in [2.24, 2.45) is 23.2 Å². The van der Waals surface area contributed by atoms with Crippen molar-refractivity contribution < 1.29 is 9.90 Å². The number of amides is 1. The molecule has 4 saturated carbocycles. The predicted octanol–water partition coefficient (Wildman–Crippen LogP) is 2.48. The zero-order valence-electron chi connectivity index (χ0n) is 12.2. The molecule has 4 aliphatic carbocycles. The summed E-state index contributed by atoms with van der Waals surface area (Å²) in [5, 5.41) is 12.7. The lowest BCUT2D eigenvalue weighted by Crippen LogP contribution is -2.58. The van der Waals surface area contributed by atoms with E-state index < -0.39 is 5.54 Å². The van der Waals surface area contributed by atoms with Gasteiger partial charge in [-0.1, -0.05) is 6.92 Å².